The lowest BCUT2D eigenvalue weighted by atomic mass is 10.0. The summed E-state index contributed by atoms with van der Waals surface area (Å²) in [5, 5.41) is 3.03. The Hall–Kier alpha value is -3.32. The maximum absolute atomic E-state index is 4.65. The Labute approximate surface area is 147 Å². The second-order valence-electron chi connectivity index (χ2n) is 5.85. The van der Waals surface area contributed by atoms with Crippen LogP contribution in [0.3, 0.4) is 0 Å². The Morgan fingerprint density at radius 2 is 2.08 bits per heavy atom. The summed E-state index contributed by atoms with van der Waals surface area (Å²) in [5.41, 5.74) is 3.33. The van der Waals surface area contributed by atoms with Gasteiger partial charge in [0.15, 0.2) is 0 Å². The summed E-state index contributed by atoms with van der Waals surface area (Å²) in [6, 6.07) is 14.3. The largest absolute Gasteiger partial charge is 0.373 e. The minimum atomic E-state index is 0.0750. The number of anilines is 1. The molecule has 0 fully saturated rings. The van der Waals surface area contributed by atoms with Crippen LogP contribution in [-0.4, -0.2) is 35.4 Å². The van der Waals surface area contributed by atoms with Crippen LogP contribution in [-0.2, 0) is 0 Å². The summed E-state index contributed by atoms with van der Waals surface area (Å²) >= 11 is 0. The van der Waals surface area contributed by atoms with Gasteiger partial charge in [-0.05, 0) is 35.4 Å². The van der Waals surface area contributed by atoms with Crippen molar-refractivity contribution in [2.45, 2.75) is 6.04 Å². The van der Waals surface area contributed by atoms with Crippen molar-refractivity contribution < 1.29 is 0 Å². The number of aliphatic imine (C=N–C) groups is 1. The topological polar surface area (TPSA) is 40.5 Å². The molecule has 0 spiro atoms. The Kier molecular flexibility index (Phi) is 4.05. The number of hydrogen-bond acceptors (Lipinski definition) is 4. The van der Waals surface area contributed by atoms with Crippen LogP contribution >= 0.6 is 0 Å². The molecule has 0 amide bonds. The third-order valence-corrected chi connectivity index (χ3v) is 4.23. The number of nitrogens with one attached hydrogen (secondary N) is 1. The van der Waals surface area contributed by atoms with E-state index in [1.165, 1.54) is 11.1 Å². The quantitative estimate of drug-likeness (QED) is 0.862. The van der Waals surface area contributed by atoms with Crippen molar-refractivity contribution >= 4 is 17.2 Å². The number of fused-ring (bicyclic) bond motifs is 1. The van der Waals surface area contributed by atoms with Gasteiger partial charge < -0.3 is 10.2 Å². The molecule has 4 nitrogen and oxygen atoms in total. The molecule has 2 aliphatic heterocycles. The molecule has 4 rings (SSSR count). The van der Waals surface area contributed by atoms with Crippen LogP contribution < -0.4 is 5.32 Å². The highest BCUT2D eigenvalue weighted by atomic mass is 15.3. The molecule has 2 aromatic rings. The number of hydrogen-bond donors (Lipinski definition) is 1. The van der Waals surface area contributed by atoms with Gasteiger partial charge in [0.1, 0.15) is 17.7 Å². The van der Waals surface area contributed by atoms with Gasteiger partial charge in [0.2, 0.25) is 0 Å². The summed E-state index contributed by atoms with van der Waals surface area (Å²) in [4.78, 5) is 11.0. The number of allylic oxidation sites excluding steroid dienone is 2. The number of aromatic nitrogens is 1. The van der Waals surface area contributed by atoms with Crippen molar-refractivity contribution in [2.75, 3.05) is 18.9 Å². The smallest absolute Gasteiger partial charge is 0.129 e. The number of amidine groups is 1. The predicted molar refractivity (Wildman–Crippen MR) is 102 cm³/mol. The fourth-order valence-electron chi connectivity index (χ4n) is 2.89. The van der Waals surface area contributed by atoms with Gasteiger partial charge in [-0.3, -0.25) is 4.99 Å². The van der Waals surface area contributed by atoms with Gasteiger partial charge in [0.25, 0.3) is 0 Å². The second-order valence-corrected chi connectivity index (χ2v) is 5.85. The van der Waals surface area contributed by atoms with Gasteiger partial charge in [-0.25, -0.2) is 4.98 Å². The maximum Gasteiger partial charge on any atom is 0.129 e. The predicted octanol–water partition coefficient (Wildman–Crippen LogP) is 3.17. The average Bonchev–Trinajstić information content (AvgIpc) is 3.09. The van der Waals surface area contributed by atoms with Gasteiger partial charge in [0, 0.05) is 25.0 Å². The zero-order chi connectivity index (χ0) is 17.1. The minimum absolute atomic E-state index is 0.0750. The molecule has 1 unspecified atom stereocenters. The highest BCUT2D eigenvalue weighted by Gasteiger charge is 2.25. The van der Waals surface area contributed by atoms with Crippen molar-refractivity contribution in [2.24, 2.45) is 4.99 Å². The van der Waals surface area contributed by atoms with E-state index in [1.54, 1.807) is 6.20 Å². The van der Waals surface area contributed by atoms with Crippen LogP contribution in [0.1, 0.15) is 11.1 Å². The third kappa shape index (κ3) is 3.17. The van der Waals surface area contributed by atoms with Crippen molar-refractivity contribution in [1.29, 1.82) is 0 Å². The Morgan fingerprint density at radius 3 is 2.92 bits per heavy atom. The minimum Gasteiger partial charge on any atom is -0.373 e. The van der Waals surface area contributed by atoms with Crippen LogP contribution in [0.5, 0.6) is 0 Å². The lowest BCUT2D eigenvalue weighted by molar-refractivity contribution is 0.529. The van der Waals surface area contributed by atoms with Crippen LogP contribution in [0.25, 0.3) is 5.57 Å². The van der Waals surface area contributed by atoms with Crippen LogP contribution in [0, 0.1) is 11.8 Å². The lowest BCUT2D eigenvalue weighted by Crippen LogP contribution is -2.31. The van der Waals surface area contributed by atoms with E-state index < -0.39 is 0 Å². The van der Waals surface area contributed by atoms with E-state index in [0.29, 0.717) is 6.54 Å². The van der Waals surface area contributed by atoms with E-state index in [4.69, 9.17) is 0 Å². The molecule has 3 heterocycles. The zero-order valence-corrected chi connectivity index (χ0v) is 14.0. The van der Waals surface area contributed by atoms with Gasteiger partial charge in [-0.15, -0.1) is 0 Å². The van der Waals surface area contributed by atoms with E-state index >= 15 is 0 Å². The van der Waals surface area contributed by atoms with E-state index in [9.17, 15) is 0 Å². The molecule has 4 heteroatoms. The monoisotopic (exact) mass is 326 g/mol. The standard InChI is InChI=1S/C21H18N4/c1-22-20-13-16(9-11-23-20)7-8-19-15-24-21-14-18(10-12-25(19)21)17-5-3-2-4-6-17/h2-6,9-14,19H,15H2,1H3,(H,22,23). The van der Waals surface area contributed by atoms with Crippen molar-refractivity contribution in [3.05, 3.63) is 78.1 Å². The molecular weight excluding hydrogens is 308 g/mol. The van der Waals surface area contributed by atoms with Crippen LogP contribution in [0.2, 0.25) is 0 Å². The number of rotatable bonds is 2. The molecule has 0 radical (unpaired) electrons. The SMILES string of the molecule is CNc1cc(C#CC2CN=C3C=C(c4ccccc4)C=CN32)ccn1. The molecule has 0 bridgehead atoms. The van der Waals surface area contributed by atoms with E-state index in [-0.39, 0.29) is 6.04 Å². The number of nitrogens with zero attached hydrogens (tertiary/aromatic N) is 3. The van der Waals surface area contributed by atoms with Crippen molar-refractivity contribution in [3.63, 3.8) is 0 Å². The maximum atomic E-state index is 4.65. The first kappa shape index (κ1) is 15.2. The fourth-order valence-corrected chi connectivity index (χ4v) is 2.89. The van der Waals surface area contributed by atoms with Crippen LogP contribution in [0.15, 0.2) is 72.0 Å². The van der Waals surface area contributed by atoms with Gasteiger partial charge in [-0.2, -0.15) is 0 Å². The van der Waals surface area contributed by atoms with E-state index in [0.717, 1.165) is 17.2 Å². The molecule has 0 saturated carbocycles. The Morgan fingerprint density at radius 1 is 1.20 bits per heavy atom. The summed E-state index contributed by atoms with van der Waals surface area (Å²) in [7, 11) is 1.85. The Bertz CT molecular complexity index is 929. The zero-order valence-electron chi connectivity index (χ0n) is 14.0. The highest BCUT2D eigenvalue weighted by molar-refractivity contribution is 6.04. The van der Waals surface area contributed by atoms with Gasteiger partial charge in [0.05, 0.1) is 6.54 Å². The molecule has 1 atom stereocenters. The van der Waals surface area contributed by atoms with E-state index in [1.807, 2.05) is 25.2 Å². The molecular formula is C21H18N4. The van der Waals surface area contributed by atoms with Gasteiger partial charge in [-0.1, -0.05) is 42.2 Å². The van der Waals surface area contributed by atoms with Crippen molar-refractivity contribution in [3.8, 4) is 11.8 Å². The molecule has 1 aromatic carbocycles. The summed E-state index contributed by atoms with van der Waals surface area (Å²) in [5.74, 6) is 8.37. The molecule has 0 saturated heterocycles. The summed E-state index contributed by atoms with van der Waals surface area (Å²) in [6.07, 6.45) is 8.10. The molecule has 25 heavy (non-hydrogen) atoms. The fraction of sp³-hybridized carbons (Fsp3) is 0.143. The summed E-state index contributed by atoms with van der Waals surface area (Å²) in [6.45, 7) is 0.690. The normalized spacial score (nSPS) is 18.0. The third-order valence-electron chi connectivity index (χ3n) is 4.23. The molecule has 2 aliphatic rings. The first-order valence-electron chi connectivity index (χ1n) is 8.27. The summed E-state index contributed by atoms with van der Waals surface area (Å²) < 4.78 is 0. The first-order chi connectivity index (χ1) is 12.3. The second kappa shape index (κ2) is 6.66. The van der Waals surface area contributed by atoms with E-state index in [2.05, 4.69) is 74.7 Å². The first-order valence-corrected chi connectivity index (χ1v) is 8.27. The number of benzene rings is 1. The average molecular weight is 326 g/mol. The molecule has 122 valence electrons. The molecule has 1 N–H and O–H groups in total. The highest BCUT2D eigenvalue weighted by Crippen LogP contribution is 2.24. The lowest BCUT2D eigenvalue weighted by Gasteiger charge is -2.22. The molecule has 1 aromatic heterocycles. The molecule has 0 aliphatic carbocycles. The van der Waals surface area contributed by atoms with Crippen molar-refractivity contribution in [1.82, 2.24) is 9.88 Å². The Balaban J connectivity index is 1.52. The van der Waals surface area contributed by atoms with Gasteiger partial charge >= 0.3 is 0 Å². The van der Waals surface area contributed by atoms with Crippen LogP contribution in [0.4, 0.5) is 5.82 Å². The number of pyridine rings is 1.